The topological polar surface area (TPSA) is 34.9 Å². The van der Waals surface area contributed by atoms with E-state index >= 15 is 0 Å². The first-order valence-electron chi connectivity index (χ1n) is 4.79. The molecule has 0 aliphatic carbocycles. The Morgan fingerprint density at radius 1 is 1.53 bits per heavy atom. The van der Waals surface area contributed by atoms with E-state index in [1.54, 1.807) is 10.8 Å². The van der Waals surface area contributed by atoms with Crippen molar-refractivity contribution in [1.29, 1.82) is 0 Å². The van der Waals surface area contributed by atoms with Crippen LogP contribution in [0.1, 0.15) is 12.5 Å². The normalized spacial score (nSPS) is 10.9. The number of fused-ring (bicyclic) bond motifs is 1. The number of aromatic nitrogens is 2. The summed E-state index contributed by atoms with van der Waals surface area (Å²) in [6.07, 6.45) is 1.78. The zero-order valence-electron chi connectivity index (χ0n) is 8.62. The van der Waals surface area contributed by atoms with Crippen LogP contribution in [0.4, 0.5) is 0 Å². The zero-order valence-corrected chi connectivity index (χ0v) is 9.38. The predicted octanol–water partition coefficient (Wildman–Crippen LogP) is 2.38. The fourth-order valence-electron chi connectivity index (χ4n) is 1.53. The second kappa shape index (κ2) is 3.66. The summed E-state index contributed by atoms with van der Waals surface area (Å²) in [5, 5.41) is 1.24. The molecule has 0 aliphatic heterocycles. The van der Waals surface area contributed by atoms with Crippen LogP contribution in [-0.4, -0.2) is 9.55 Å². The third-order valence-electron chi connectivity index (χ3n) is 2.42. The minimum atomic E-state index is -0.0862. The molecule has 0 unspecified atom stereocenters. The lowest BCUT2D eigenvalue weighted by Crippen LogP contribution is -2.19. The first-order chi connectivity index (χ1) is 7.13. The second-order valence-corrected chi connectivity index (χ2v) is 3.80. The largest absolute Gasteiger partial charge is 0.314 e. The second-order valence-electron chi connectivity index (χ2n) is 3.44. The van der Waals surface area contributed by atoms with Crippen molar-refractivity contribution in [2.45, 2.75) is 20.4 Å². The molecule has 0 atom stereocenters. The molecule has 2 aromatic rings. The number of halogens is 1. The van der Waals surface area contributed by atoms with Gasteiger partial charge in [-0.3, -0.25) is 4.79 Å². The van der Waals surface area contributed by atoms with Crippen LogP contribution >= 0.6 is 11.6 Å². The molecule has 0 fully saturated rings. The standard InChI is InChI=1S/C11H11ClN2O/c1-3-14-5-4-8-6-7(2)10(12)13-9(8)11(14)15/h4-6H,3H2,1-2H3. The summed E-state index contributed by atoms with van der Waals surface area (Å²) in [7, 11) is 0. The Kier molecular flexibility index (Phi) is 2.49. The van der Waals surface area contributed by atoms with E-state index in [1.165, 1.54) is 0 Å². The molecule has 0 aliphatic rings. The van der Waals surface area contributed by atoms with Gasteiger partial charge < -0.3 is 4.57 Å². The van der Waals surface area contributed by atoms with Crippen LogP contribution < -0.4 is 5.56 Å². The van der Waals surface area contributed by atoms with Crippen LogP contribution in [0, 0.1) is 6.92 Å². The summed E-state index contributed by atoms with van der Waals surface area (Å²) in [5.41, 5.74) is 1.24. The van der Waals surface area contributed by atoms with Gasteiger partial charge in [0, 0.05) is 18.1 Å². The van der Waals surface area contributed by atoms with Crippen LogP contribution in [0.25, 0.3) is 10.9 Å². The van der Waals surface area contributed by atoms with E-state index in [0.717, 1.165) is 10.9 Å². The van der Waals surface area contributed by atoms with Crippen molar-refractivity contribution in [1.82, 2.24) is 9.55 Å². The van der Waals surface area contributed by atoms with Crippen molar-refractivity contribution in [3.05, 3.63) is 39.4 Å². The van der Waals surface area contributed by atoms with Crippen molar-refractivity contribution < 1.29 is 0 Å². The molecule has 0 saturated carbocycles. The van der Waals surface area contributed by atoms with Gasteiger partial charge in [-0.25, -0.2) is 4.98 Å². The minimum Gasteiger partial charge on any atom is -0.314 e. The molecule has 0 radical (unpaired) electrons. The highest BCUT2D eigenvalue weighted by Crippen LogP contribution is 2.16. The van der Waals surface area contributed by atoms with Crippen molar-refractivity contribution in [3.8, 4) is 0 Å². The van der Waals surface area contributed by atoms with Gasteiger partial charge in [-0.1, -0.05) is 11.6 Å². The third-order valence-corrected chi connectivity index (χ3v) is 2.80. The lowest BCUT2D eigenvalue weighted by Gasteiger charge is -2.04. The average Bonchev–Trinajstić information content (AvgIpc) is 2.22. The van der Waals surface area contributed by atoms with E-state index in [1.807, 2.05) is 26.0 Å². The maximum absolute atomic E-state index is 11.9. The van der Waals surface area contributed by atoms with Gasteiger partial charge in [-0.15, -0.1) is 0 Å². The van der Waals surface area contributed by atoms with E-state index in [0.29, 0.717) is 17.2 Å². The van der Waals surface area contributed by atoms with Gasteiger partial charge in [0.1, 0.15) is 10.7 Å². The van der Waals surface area contributed by atoms with Crippen LogP contribution in [0.2, 0.25) is 5.15 Å². The Morgan fingerprint density at radius 2 is 2.27 bits per heavy atom. The highest BCUT2D eigenvalue weighted by Gasteiger charge is 2.05. The number of hydrogen-bond donors (Lipinski definition) is 0. The van der Waals surface area contributed by atoms with Gasteiger partial charge in [-0.05, 0) is 31.5 Å². The van der Waals surface area contributed by atoms with Crippen molar-refractivity contribution in [3.63, 3.8) is 0 Å². The predicted molar refractivity (Wildman–Crippen MR) is 61.4 cm³/mol. The smallest absolute Gasteiger partial charge is 0.277 e. The summed E-state index contributed by atoms with van der Waals surface area (Å²) in [4.78, 5) is 16.0. The molecule has 2 rings (SSSR count). The molecule has 0 amide bonds. The maximum Gasteiger partial charge on any atom is 0.277 e. The molecule has 0 N–H and O–H groups in total. The molecule has 2 heterocycles. The summed E-state index contributed by atoms with van der Waals surface area (Å²) >= 11 is 5.90. The molecule has 0 bridgehead atoms. The molecule has 15 heavy (non-hydrogen) atoms. The van der Waals surface area contributed by atoms with Gasteiger partial charge in [0.15, 0.2) is 0 Å². The first kappa shape index (κ1) is 10.2. The summed E-state index contributed by atoms with van der Waals surface area (Å²) in [5.74, 6) is 0. The zero-order chi connectivity index (χ0) is 11.0. The number of hydrogen-bond acceptors (Lipinski definition) is 2. The van der Waals surface area contributed by atoms with Crippen molar-refractivity contribution >= 4 is 22.5 Å². The fraction of sp³-hybridized carbons (Fsp3) is 0.273. The monoisotopic (exact) mass is 222 g/mol. The summed E-state index contributed by atoms with van der Waals surface area (Å²) < 4.78 is 1.61. The molecular formula is C11H11ClN2O. The Morgan fingerprint density at radius 3 is 2.93 bits per heavy atom. The van der Waals surface area contributed by atoms with E-state index in [4.69, 9.17) is 11.6 Å². The average molecular weight is 223 g/mol. The Hall–Kier alpha value is -1.35. The van der Waals surface area contributed by atoms with Crippen molar-refractivity contribution in [2.75, 3.05) is 0 Å². The quantitative estimate of drug-likeness (QED) is 0.695. The van der Waals surface area contributed by atoms with Gasteiger partial charge in [-0.2, -0.15) is 0 Å². The molecular weight excluding hydrogens is 212 g/mol. The highest BCUT2D eigenvalue weighted by molar-refractivity contribution is 6.30. The van der Waals surface area contributed by atoms with E-state index in [2.05, 4.69) is 4.98 Å². The maximum atomic E-state index is 11.9. The molecule has 3 nitrogen and oxygen atoms in total. The summed E-state index contributed by atoms with van der Waals surface area (Å²) in [6, 6.07) is 3.77. The van der Waals surface area contributed by atoms with E-state index in [-0.39, 0.29) is 5.56 Å². The fourth-order valence-corrected chi connectivity index (χ4v) is 1.67. The molecule has 4 heteroatoms. The Bertz CT molecular complexity index is 575. The number of aryl methyl sites for hydroxylation is 2. The van der Waals surface area contributed by atoms with E-state index in [9.17, 15) is 4.79 Å². The molecule has 2 aromatic heterocycles. The Labute approximate surface area is 92.3 Å². The highest BCUT2D eigenvalue weighted by atomic mass is 35.5. The molecule has 0 spiro atoms. The van der Waals surface area contributed by atoms with Crippen LogP contribution in [0.15, 0.2) is 23.1 Å². The van der Waals surface area contributed by atoms with Gasteiger partial charge in [0.2, 0.25) is 0 Å². The molecule has 0 aromatic carbocycles. The van der Waals surface area contributed by atoms with Crippen LogP contribution in [-0.2, 0) is 6.54 Å². The van der Waals surface area contributed by atoms with Crippen molar-refractivity contribution in [2.24, 2.45) is 0 Å². The third kappa shape index (κ3) is 1.63. The lowest BCUT2D eigenvalue weighted by atomic mass is 10.2. The number of nitrogens with zero attached hydrogens (tertiary/aromatic N) is 2. The van der Waals surface area contributed by atoms with Crippen LogP contribution in [0.5, 0.6) is 0 Å². The first-order valence-corrected chi connectivity index (χ1v) is 5.17. The van der Waals surface area contributed by atoms with Gasteiger partial charge >= 0.3 is 0 Å². The minimum absolute atomic E-state index is 0.0862. The van der Waals surface area contributed by atoms with Gasteiger partial charge in [0.05, 0.1) is 0 Å². The van der Waals surface area contributed by atoms with Crippen LogP contribution in [0.3, 0.4) is 0 Å². The number of pyridine rings is 2. The lowest BCUT2D eigenvalue weighted by molar-refractivity contribution is 0.733. The Balaban J connectivity index is 2.88. The summed E-state index contributed by atoms with van der Waals surface area (Å²) in [6.45, 7) is 4.44. The molecule has 0 saturated heterocycles. The van der Waals surface area contributed by atoms with E-state index < -0.39 is 0 Å². The molecule has 78 valence electrons. The SMILES string of the molecule is CCn1ccc2cc(C)c(Cl)nc2c1=O. The van der Waals surface area contributed by atoms with Gasteiger partial charge in [0.25, 0.3) is 5.56 Å². The number of rotatable bonds is 1.